The van der Waals surface area contributed by atoms with Gasteiger partial charge in [-0.15, -0.1) is 0 Å². The third-order valence-electron chi connectivity index (χ3n) is 7.18. The molecule has 4 heterocycles. The first kappa shape index (κ1) is 26.7. The number of ketones is 1. The molecular weight excluding hydrogens is 548 g/mol. The van der Waals surface area contributed by atoms with E-state index in [1.165, 1.54) is 0 Å². The number of carbonyl (C=O) groups excluding carboxylic acids is 1. The van der Waals surface area contributed by atoms with E-state index in [0.717, 1.165) is 11.1 Å². The average molecular weight is 573 g/mol. The van der Waals surface area contributed by atoms with Gasteiger partial charge < -0.3 is 9.84 Å². The molecule has 1 aliphatic heterocycles. The molecule has 0 saturated carbocycles. The molecule has 6 heteroatoms. The second-order valence-corrected chi connectivity index (χ2v) is 10.2. The zero-order chi connectivity index (χ0) is 29.9. The van der Waals surface area contributed by atoms with Gasteiger partial charge in [0, 0.05) is 29.1 Å². The van der Waals surface area contributed by atoms with Gasteiger partial charge in [0.1, 0.15) is 11.5 Å². The molecule has 0 atom stereocenters. The number of hydrogen-bond donors (Lipinski definition) is 0. The van der Waals surface area contributed by atoms with Crippen molar-refractivity contribution in [3.63, 3.8) is 0 Å². The van der Waals surface area contributed by atoms with Crippen LogP contribution in [-0.2, 0) is 9.53 Å². The number of pyridine rings is 2. The van der Waals surface area contributed by atoms with Gasteiger partial charge in [-0.2, -0.15) is 0 Å². The predicted molar refractivity (Wildman–Crippen MR) is 168 cm³/mol. The van der Waals surface area contributed by atoms with Gasteiger partial charge in [-0.3, -0.25) is 9.78 Å². The molecule has 5 aromatic rings. The Hall–Kier alpha value is -6.14. The van der Waals surface area contributed by atoms with Crippen molar-refractivity contribution in [3.05, 3.63) is 179 Å². The number of aromatic nitrogens is 2. The van der Waals surface area contributed by atoms with Crippen molar-refractivity contribution in [1.82, 2.24) is 9.97 Å². The fourth-order valence-electron chi connectivity index (χ4n) is 5.00. The lowest BCUT2D eigenvalue weighted by Gasteiger charge is -2.29. The summed E-state index contributed by atoms with van der Waals surface area (Å²) >= 11 is 0. The van der Waals surface area contributed by atoms with Crippen LogP contribution in [0.1, 0.15) is 16.8 Å². The normalized spacial score (nSPS) is 16.3. The second kappa shape index (κ2) is 11.6. The van der Waals surface area contributed by atoms with Gasteiger partial charge in [-0.05, 0) is 71.8 Å². The van der Waals surface area contributed by atoms with Crippen LogP contribution < -0.4 is 5.11 Å². The maximum absolute atomic E-state index is 13.4. The first-order valence-corrected chi connectivity index (χ1v) is 14.1. The SMILES string of the molecule is O=C1C(/C=C2/C=C(c3ccccc3)OC(c3ccccn3)=C2)=C([O-])C/1=C\c1cc(-c2ccccc2)[o+]c(-c2ccccn2)c1. The third kappa shape index (κ3) is 5.40. The number of benzene rings is 2. The Bertz CT molecular complexity index is 1910. The van der Waals surface area contributed by atoms with Crippen molar-refractivity contribution in [2.75, 3.05) is 0 Å². The molecule has 1 aliphatic carbocycles. The Morgan fingerprint density at radius 2 is 1.27 bits per heavy atom. The Balaban J connectivity index is 1.28. The number of ether oxygens (including phenoxy) is 1. The van der Waals surface area contributed by atoms with E-state index in [-0.39, 0.29) is 22.7 Å². The summed E-state index contributed by atoms with van der Waals surface area (Å²) in [5, 5.41) is 13.4. The minimum absolute atomic E-state index is 0.113. The number of allylic oxidation sites excluding steroid dienone is 6. The second-order valence-electron chi connectivity index (χ2n) is 10.2. The van der Waals surface area contributed by atoms with Crippen LogP contribution in [0.5, 0.6) is 0 Å². The van der Waals surface area contributed by atoms with E-state index in [0.29, 0.717) is 45.6 Å². The van der Waals surface area contributed by atoms with Gasteiger partial charge in [0.05, 0.1) is 17.7 Å². The lowest BCUT2D eigenvalue weighted by atomic mass is 9.85. The number of Topliss-reactive ketones (excluding diaryl/α,β-unsaturated/α-hetero) is 1. The molecule has 2 aromatic carbocycles. The van der Waals surface area contributed by atoms with Gasteiger partial charge >= 0.3 is 11.5 Å². The zero-order valence-electron chi connectivity index (χ0n) is 23.4. The van der Waals surface area contributed by atoms with Gasteiger partial charge in [0.25, 0.3) is 0 Å². The lowest BCUT2D eigenvalue weighted by Crippen LogP contribution is -2.29. The van der Waals surface area contributed by atoms with Gasteiger partial charge in [0.2, 0.25) is 0 Å². The quantitative estimate of drug-likeness (QED) is 0.157. The van der Waals surface area contributed by atoms with Crippen molar-refractivity contribution in [2.45, 2.75) is 0 Å². The molecule has 0 spiro atoms. The molecular formula is C38H24N2O4. The number of carbonyl (C=O) groups is 1. The fourth-order valence-corrected chi connectivity index (χ4v) is 5.00. The number of hydrogen-bond acceptors (Lipinski definition) is 5. The highest BCUT2D eigenvalue weighted by atomic mass is 16.5. The topological polar surface area (TPSA) is 86.4 Å². The summed E-state index contributed by atoms with van der Waals surface area (Å²) in [6, 6.07) is 34.0. The Labute approximate surface area is 254 Å². The summed E-state index contributed by atoms with van der Waals surface area (Å²) in [4.78, 5) is 22.2. The molecule has 0 unspecified atom stereocenters. The molecule has 0 saturated heterocycles. The van der Waals surface area contributed by atoms with E-state index in [9.17, 15) is 9.90 Å². The molecule has 2 aliphatic rings. The minimum atomic E-state index is -0.321. The predicted octanol–water partition coefficient (Wildman–Crippen LogP) is 7.30. The van der Waals surface area contributed by atoms with Crippen molar-refractivity contribution in [3.8, 4) is 22.8 Å². The summed E-state index contributed by atoms with van der Waals surface area (Å²) in [5.41, 5.74) is 4.56. The Morgan fingerprint density at radius 1 is 0.659 bits per heavy atom. The van der Waals surface area contributed by atoms with Crippen LogP contribution in [-0.4, -0.2) is 15.8 Å². The highest BCUT2D eigenvalue weighted by Crippen LogP contribution is 2.36. The van der Waals surface area contributed by atoms with Crippen molar-refractivity contribution >= 4 is 23.4 Å². The molecule has 210 valence electrons. The van der Waals surface area contributed by atoms with Gasteiger partial charge in [-0.1, -0.05) is 66.4 Å². The number of rotatable bonds is 6. The summed E-state index contributed by atoms with van der Waals surface area (Å²) in [5.74, 6) is 1.60. The zero-order valence-corrected chi connectivity index (χ0v) is 23.4. The van der Waals surface area contributed by atoms with Crippen molar-refractivity contribution in [1.29, 1.82) is 0 Å². The summed E-state index contributed by atoms with van der Waals surface area (Å²) < 4.78 is 12.4. The van der Waals surface area contributed by atoms with Crippen LogP contribution >= 0.6 is 0 Å². The van der Waals surface area contributed by atoms with Crippen molar-refractivity contribution in [2.24, 2.45) is 0 Å². The van der Waals surface area contributed by atoms with Crippen LogP contribution in [0, 0.1) is 0 Å². The van der Waals surface area contributed by atoms with Crippen LogP contribution in [0.3, 0.4) is 0 Å². The molecule has 3 aromatic heterocycles. The molecule has 0 radical (unpaired) electrons. The highest BCUT2D eigenvalue weighted by Gasteiger charge is 2.28. The number of nitrogens with zero attached hydrogens (tertiary/aromatic N) is 2. The lowest BCUT2D eigenvalue weighted by molar-refractivity contribution is -0.300. The van der Waals surface area contributed by atoms with E-state index < -0.39 is 0 Å². The molecule has 0 N–H and O–H groups in total. The summed E-state index contributed by atoms with van der Waals surface area (Å²) in [6.07, 6.45) is 10.2. The van der Waals surface area contributed by atoms with Crippen LogP contribution in [0.25, 0.3) is 40.4 Å². The van der Waals surface area contributed by atoms with Crippen molar-refractivity contribution < 1.29 is 19.1 Å². The molecule has 0 bridgehead atoms. The molecule has 6 nitrogen and oxygen atoms in total. The minimum Gasteiger partial charge on any atom is -0.871 e. The Morgan fingerprint density at radius 3 is 1.93 bits per heavy atom. The van der Waals surface area contributed by atoms with Gasteiger partial charge in [-0.25, -0.2) is 9.40 Å². The molecule has 0 fully saturated rings. The standard InChI is InChI=1S/C38H24N2O4/c41-37-29(19-25-21-33(27-11-3-1-4-12-27)43-35(23-25)31-15-7-9-17-39-31)38(42)30(37)20-26-22-34(28-13-5-2-6-14-28)44-36(24-26)32-16-8-10-18-40-32/h1-24H. The van der Waals surface area contributed by atoms with E-state index in [2.05, 4.69) is 9.97 Å². The monoisotopic (exact) mass is 572 g/mol. The molecule has 0 amide bonds. The first-order chi connectivity index (χ1) is 21.6. The average Bonchev–Trinajstić information content (AvgIpc) is 3.10. The van der Waals surface area contributed by atoms with E-state index in [1.54, 1.807) is 36.7 Å². The van der Waals surface area contributed by atoms with E-state index >= 15 is 0 Å². The highest BCUT2D eigenvalue weighted by molar-refractivity contribution is 6.23. The maximum Gasteiger partial charge on any atom is 0.379 e. The maximum atomic E-state index is 13.4. The molecule has 7 rings (SSSR count). The first-order valence-electron chi connectivity index (χ1n) is 14.1. The largest absolute Gasteiger partial charge is 0.871 e. The van der Waals surface area contributed by atoms with Gasteiger partial charge in [0.15, 0.2) is 17.2 Å². The van der Waals surface area contributed by atoms with Crippen LogP contribution in [0.15, 0.2) is 167 Å². The molecule has 44 heavy (non-hydrogen) atoms. The summed E-state index contributed by atoms with van der Waals surface area (Å²) in [6.45, 7) is 0. The van der Waals surface area contributed by atoms with Crippen LogP contribution in [0.4, 0.5) is 0 Å². The van der Waals surface area contributed by atoms with E-state index in [4.69, 9.17) is 9.15 Å². The van der Waals surface area contributed by atoms with E-state index in [1.807, 2.05) is 109 Å². The third-order valence-corrected chi connectivity index (χ3v) is 7.18. The fraction of sp³-hybridized carbons (Fsp3) is 0. The van der Waals surface area contributed by atoms with Crippen LogP contribution in [0.2, 0.25) is 0 Å². The summed E-state index contributed by atoms with van der Waals surface area (Å²) in [7, 11) is 0. The smallest absolute Gasteiger partial charge is 0.379 e. The Kier molecular flexibility index (Phi) is 7.06.